The third-order valence-electron chi connectivity index (χ3n) is 3.71. The number of nitrogens with zero attached hydrogens (tertiary/aromatic N) is 1. The topological polar surface area (TPSA) is 66.5 Å². The number of amides is 1. The van der Waals surface area contributed by atoms with Gasteiger partial charge in [0, 0.05) is 0 Å². The van der Waals surface area contributed by atoms with E-state index in [4.69, 9.17) is 23.2 Å². The Morgan fingerprint density at radius 3 is 2.50 bits per heavy atom. The van der Waals surface area contributed by atoms with Gasteiger partial charge in [-0.1, -0.05) is 42.3 Å². The number of benzene rings is 2. The van der Waals surface area contributed by atoms with Crippen LogP contribution in [0.15, 0.2) is 47.4 Å². The summed E-state index contributed by atoms with van der Waals surface area (Å²) in [5, 5.41) is 3.08. The molecule has 1 aliphatic heterocycles. The summed E-state index contributed by atoms with van der Waals surface area (Å²) in [4.78, 5) is 12.3. The van der Waals surface area contributed by atoms with E-state index in [0.717, 1.165) is 4.31 Å². The smallest absolute Gasteiger partial charge is 0.265 e. The Labute approximate surface area is 150 Å². The van der Waals surface area contributed by atoms with Gasteiger partial charge in [0.2, 0.25) is 5.91 Å². The molecule has 0 fully saturated rings. The Kier molecular flexibility index (Phi) is 4.46. The van der Waals surface area contributed by atoms with Crippen molar-refractivity contribution in [1.82, 2.24) is 0 Å². The maximum Gasteiger partial charge on any atom is 0.265 e. The summed E-state index contributed by atoms with van der Waals surface area (Å²) >= 11 is 11.8. The molecule has 3 rings (SSSR count). The first-order valence-electron chi connectivity index (χ1n) is 7.05. The normalized spacial score (nSPS) is 17.4. The van der Waals surface area contributed by atoms with Crippen molar-refractivity contribution in [2.75, 3.05) is 9.62 Å². The van der Waals surface area contributed by atoms with Crippen molar-refractivity contribution in [2.45, 2.75) is 17.4 Å². The molecule has 0 spiro atoms. The van der Waals surface area contributed by atoms with Gasteiger partial charge in [-0.3, -0.25) is 9.10 Å². The Balaban J connectivity index is 2.20. The fraction of sp³-hybridized carbons (Fsp3) is 0.125. The van der Waals surface area contributed by atoms with Crippen LogP contribution >= 0.6 is 23.2 Å². The van der Waals surface area contributed by atoms with Gasteiger partial charge in [0.25, 0.3) is 10.0 Å². The Bertz CT molecular complexity index is 915. The van der Waals surface area contributed by atoms with E-state index >= 15 is 0 Å². The molecule has 0 bridgehead atoms. The van der Waals surface area contributed by atoms with Crippen molar-refractivity contribution in [3.8, 4) is 0 Å². The predicted octanol–water partition coefficient (Wildman–Crippen LogP) is 3.73. The number of carbonyl (C=O) groups excluding carboxylic acids is 1. The third-order valence-corrected chi connectivity index (χ3v) is 6.26. The number of para-hydroxylation sites is 2. The maximum atomic E-state index is 13.1. The SMILES string of the molecule is [CH2]C[C@@H]1C(=O)Nc2ccccc2N1S(=O)(=O)c1ccc(Cl)c(Cl)c1. The molecule has 2 aromatic carbocycles. The Morgan fingerprint density at radius 2 is 1.83 bits per heavy atom. The van der Waals surface area contributed by atoms with Crippen LogP contribution in [-0.4, -0.2) is 20.4 Å². The van der Waals surface area contributed by atoms with Crippen LogP contribution in [0, 0.1) is 6.92 Å². The van der Waals surface area contributed by atoms with Crippen molar-refractivity contribution in [3.05, 3.63) is 59.4 Å². The zero-order valence-electron chi connectivity index (χ0n) is 12.4. The summed E-state index contributed by atoms with van der Waals surface area (Å²) in [5.41, 5.74) is 0.813. The van der Waals surface area contributed by atoms with E-state index < -0.39 is 22.0 Å². The number of halogens is 2. The van der Waals surface area contributed by atoms with Crippen LogP contribution in [0.2, 0.25) is 10.0 Å². The number of hydrogen-bond donors (Lipinski definition) is 1. The molecule has 1 aliphatic rings. The van der Waals surface area contributed by atoms with Gasteiger partial charge in [-0.2, -0.15) is 0 Å². The first-order valence-corrected chi connectivity index (χ1v) is 9.24. The molecule has 1 N–H and O–H groups in total. The lowest BCUT2D eigenvalue weighted by Gasteiger charge is -2.36. The minimum absolute atomic E-state index is 0.0418. The van der Waals surface area contributed by atoms with Crippen LogP contribution in [0.4, 0.5) is 11.4 Å². The molecule has 8 heteroatoms. The lowest BCUT2D eigenvalue weighted by atomic mass is 10.1. The molecular formula is C16H13Cl2N2O3S. The molecule has 0 aromatic heterocycles. The molecule has 24 heavy (non-hydrogen) atoms. The van der Waals surface area contributed by atoms with E-state index in [1.165, 1.54) is 18.2 Å². The summed E-state index contributed by atoms with van der Waals surface area (Å²) in [6.07, 6.45) is 0.0840. The van der Waals surface area contributed by atoms with Crippen molar-refractivity contribution in [1.29, 1.82) is 0 Å². The van der Waals surface area contributed by atoms with Gasteiger partial charge in [-0.15, -0.1) is 0 Å². The molecule has 0 unspecified atom stereocenters. The van der Waals surface area contributed by atoms with Crippen molar-refractivity contribution in [2.24, 2.45) is 0 Å². The van der Waals surface area contributed by atoms with Gasteiger partial charge < -0.3 is 5.32 Å². The highest BCUT2D eigenvalue weighted by Crippen LogP contribution is 2.37. The number of rotatable bonds is 3. The molecule has 5 nitrogen and oxygen atoms in total. The van der Waals surface area contributed by atoms with E-state index in [2.05, 4.69) is 12.2 Å². The fourth-order valence-corrected chi connectivity index (χ4v) is 4.61. The summed E-state index contributed by atoms with van der Waals surface area (Å²) in [5.74, 6) is -0.424. The Morgan fingerprint density at radius 1 is 1.12 bits per heavy atom. The largest absolute Gasteiger partial charge is 0.322 e. The van der Waals surface area contributed by atoms with Gasteiger partial charge in [0.1, 0.15) is 6.04 Å². The Hall–Kier alpha value is -1.76. The highest BCUT2D eigenvalue weighted by atomic mass is 35.5. The number of anilines is 2. The highest BCUT2D eigenvalue weighted by molar-refractivity contribution is 7.93. The van der Waals surface area contributed by atoms with Crippen molar-refractivity contribution >= 4 is 50.5 Å². The molecular weight excluding hydrogens is 371 g/mol. The molecule has 1 atom stereocenters. The lowest BCUT2D eigenvalue weighted by Crippen LogP contribution is -2.50. The first kappa shape index (κ1) is 17.1. The minimum atomic E-state index is -4.02. The minimum Gasteiger partial charge on any atom is -0.322 e. The monoisotopic (exact) mass is 383 g/mol. The quantitative estimate of drug-likeness (QED) is 0.877. The van der Waals surface area contributed by atoms with Crippen molar-refractivity contribution < 1.29 is 13.2 Å². The van der Waals surface area contributed by atoms with Crippen LogP contribution in [0.3, 0.4) is 0 Å². The van der Waals surface area contributed by atoms with E-state index in [1.54, 1.807) is 24.3 Å². The molecule has 1 radical (unpaired) electrons. The summed E-state index contributed by atoms with van der Waals surface area (Å²) in [6.45, 7) is 3.71. The second-order valence-electron chi connectivity index (χ2n) is 5.19. The fourth-order valence-electron chi connectivity index (χ4n) is 2.56. The zero-order chi connectivity index (χ0) is 17.5. The highest BCUT2D eigenvalue weighted by Gasteiger charge is 2.39. The van der Waals surface area contributed by atoms with E-state index in [-0.39, 0.29) is 21.4 Å². The van der Waals surface area contributed by atoms with E-state index in [0.29, 0.717) is 11.4 Å². The summed E-state index contributed by atoms with van der Waals surface area (Å²) in [7, 11) is -4.02. The summed E-state index contributed by atoms with van der Waals surface area (Å²) < 4.78 is 27.4. The second kappa shape index (κ2) is 6.27. The molecule has 2 aromatic rings. The molecule has 125 valence electrons. The second-order valence-corrected chi connectivity index (χ2v) is 7.82. The van der Waals surface area contributed by atoms with Crippen LogP contribution in [0.5, 0.6) is 0 Å². The maximum absolute atomic E-state index is 13.1. The van der Waals surface area contributed by atoms with Gasteiger partial charge >= 0.3 is 0 Å². The lowest BCUT2D eigenvalue weighted by molar-refractivity contribution is -0.117. The number of carbonyl (C=O) groups is 1. The zero-order valence-corrected chi connectivity index (χ0v) is 14.7. The average molecular weight is 384 g/mol. The van der Waals surface area contributed by atoms with Crippen LogP contribution < -0.4 is 9.62 Å². The van der Waals surface area contributed by atoms with E-state index in [9.17, 15) is 13.2 Å². The molecule has 0 saturated carbocycles. The van der Waals surface area contributed by atoms with Crippen LogP contribution in [-0.2, 0) is 14.8 Å². The van der Waals surface area contributed by atoms with Gasteiger partial charge in [-0.25, -0.2) is 8.42 Å². The number of fused-ring (bicyclic) bond motifs is 1. The number of hydrogen-bond acceptors (Lipinski definition) is 3. The summed E-state index contributed by atoms with van der Waals surface area (Å²) in [6, 6.07) is 9.79. The van der Waals surface area contributed by atoms with Crippen LogP contribution in [0.25, 0.3) is 0 Å². The predicted molar refractivity (Wildman–Crippen MR) is 95.0 cm³/mol. The van der Waals surface area contributed by atoms with Gasteiger partial charge in [0.15, 0.2) is 0 Å². The third kappa shape index (κ3) is 2.75. The van der Waals surface area contributed by atoms with Gasteiger partial charge in [-0.05, 0) is 36.8 Å². The van der Waals surface area contributed by atoms with Gasteiger partial charge in [0.05, 0.1) is 26.3 Å². The molecule has 0 saturated heterocycles. The van der Waals surface area contributed by atoms with Crippen molar-refractivity contribution in [3.63, 3.8) is 0 Å². The molecule has 1 amide bonds. The molecule has 0 aliphatic carbocycles. The standard InChI is InChI=1S/C16H13Cl2N2O3S/c1-2-14-16(21)19-13-5-3-4-6-15(13)20(14)24(22,23)10-7-8-11(17)12(18)9-10/h3-9,14H,1-2H2,(H,19,21)/t14-/m1/s1. The van der Waals surface area contributed by atoms with E-state index in [1.807, 2.05) is 0 Å². The number of nitrogens with one attached hydrogen (secondary N) is 1. The average Bonchev–Trinajstić information content (AvgIpc) is 2.55. The molecule has 1 heterocycles. The first-order chi connectivity index (χ1) is 11.4. The number of sulfonamides is 1. The van der Waals surface area contributed by atoms with Crippen LogP contribution in [0.1, 0.15) is 6.42 Å².